The summed E-state index contributed by atoms with van der Waals surface area (Å²) < 4.78 is 28.1. The molecule has 0 aliphatic carbocycles. The summed E-state index contributed by atoms with van der Waals surface area (Å²) >= 11 is 12.5. The lowest BCUT2D eigenvalue weighted by Crippen LogP contribution is -2.41. The van der Waals surface area contributed by atoms with Crippen LogP contribution in [-0.2, 0) is 34.2 Å². The van der Waals surface area contributed by atoms with Crippen LogP contribution in [0.15, 0.2) is 65.6 Å². The van der Waals surface area contributed by atoms with Crippen LogP contribution in [0.3, 0.4) is 0 Å². The number of hydrogen-bond donors (Lipinski definition) is 1. The standard InChI is InChI=1S/C26H28Cl2N2O3S/c1-4-19-8-9-20(5-2)21(14-19)16-29-26(31)17-30(25-15-22(27)10-13-24(25)28)34(32,33)23-11-6-18(3)7-12-23/h6-15H,4-5,16-17H2,1-3H3,(H,29,31). The number of aryl methyl sites for hydroxylation is 3. The molecule has 0 atom stereocenters. The Morgan fingerprint density at radius 2 is 1.62 bits per heavy atom. The Kier molecular flexibility index (Phi) is 8.63. The van der Waals surface area contributed by atoms with Crippen molar-refractivity contribution in [2.75, 3.05) is 10.8 Å². The highest BCUT2D eigenvalue weighted by Crippen LogP contribution is 2.33. The van der Waals surface area contributed by atoms with Crippen LogP contribution in [0.5, 0.6) is 0 Å². The van der Waals surface area contributed by atoms with Crippen molar-refractivity contribution in [2.45, 2.75) is 45.1 Å². The Bertz CT molecular complexity index is 1280. The lowest BCUT2D eigenvalue weighted by molar-refractivity contribution is -0.119. The molecule has 0 saturated carbocycles. The zero-order valence-electron chi connectivity index (χ0n) is 19.4. The summed E-state index contributed by atoms with van der Waals surface area (Å²) in [5.74, 6) is -0.448. The molecule has 1 N–H and O–H groups in total. The van der Waals surface area contributed by atoms with Crippen molar-refractivity contribution in [1.29, 1.82) is 0 Å². The van der Waals surface area contributed by atoms with Gasteiger partial charge in [0.1, 0.15) is 6.54 Å². The predicted molar refractivity (Wildman–Crippen MR) is 139 cm³/mol. The zero-order valence-corrected chi connectivity index (χ0v) is 21.8. The van der Waals surface area contributed by atoms with Crippen molar-refractivity contribution in [3.63, 3.8) is 0 Å². The fourth-order valence-corrected chi connectivity index (χ4v) is 5.47. The van der Waals surface area contributed by atoms with Gasteiger partial charge in [-0.15, -0.1) is 0 Å². The maximum Gasteiger partial charge on any atom is 0.264 e. The molecule has 0 unspecified atom stereocenters. The Labute approximate surface area is 211 Å². The second-order valence-electron chi connectivity index (χ2n) is 8.01. The third-order valence-electron chi connectivity index (χ3n) is 5.61. The molecule has 0 aromatic heterocycles. The SMILES string of the molecule is CCc1ccc(CC)c(CNC(=O)CN(c2cc(Cl)ccc2Cl)S(=O)(=O)c2ccc(C)cc2)c1. The van der Waals surface area contributed by atoms with Crippen molar-refractivity contribution in [2.24, 2.45) is 0 Å². The number of sulfonamides is 1. The molecule has 0 aliphatic heterocycles. The summed E-state index contributed by atoms with van der Waals surface area (Å²) in [7, 11) is -4.08. The molecule has 3 rings (SSSR count). The smallest absolute Gasteiger partial charge is 0.264 e. The molecule has 0 fully saturated rings. The van der Waals surface area contributed by atoms with Gasteiger partial charge in [-0.1, -0.05) is 72.9 Å². The lowest BCUT2D eigenvalue weighted by Gasteiger charge is -2.25. The molecule has 3 aromatic rings. The lowest BCUT2D eigenvalue weighted by atomic mass is 10.0. The topological polar surface area (TPSA) is 66.5 Å². The van der Waals surface area contributed by atoms with Crippen molar-refractivity contribution in [3.05, 3.63) is 93.0 Å². The minimum absolute atomic E-state index is 0.0610. The minimum atomic E-state index is -4.08. The number of hydrogen-bond acceptors (Lipinski definition) is 3. The number of anilines is 1. The number of rotatable bonds is 9. The number of carbonyl (C=O) groups is 1. The molecule has 0 heterocycles. The molecule has 0 spiro atoms. The molecule has 8 heteroatoms. The number of benzene rings is 3. The predicted octanol–water partition coefficient (Wildman–Crippen LogP) is 5.94. The van der Waals surface area contributed by atoms with E-state index < -0.39 is 22.5 Å². The van der Waals surface area contributed by atoms with Crippen LogP contribution >= 0.6 is 23.2 Å². The van der Waals surface area contributed by atoms with Crippen molar-refractivity contribution in [1.82, 2.24) is 5.32 Å². The summed E-state index contributed by atoms with van der Waals surface area (Å²) in [5, 5.41) is 3.36. The zero-order chi connectivity index (χ0) is 24.9. The van der Waals surface area contributed by atoms with E-state index in [0.717, 1.165) is 33.8 Å². The molecule has 34 heavy (non-hydrogen) atoms. The van der Waals surface area contributed by atoms with E-state index in [1.165, 1.54) is 29.8 Å². The Morgan fingerprint density at radius 3 is 2.26 bits per heavy atom. The van der Waals surface area contributed by atoms with Gasteiger partial charge in [-0.2, -0.15) is 0 Å². The van der Waals surface area contributed by atoms with E-state index in [-0.39, 0.29) is 15.6 Å². The van der Waals surface area contributed by atoms with E-state index >= 15 is 0 Å². The number of halogens is 2. The molecule has 0 saturated heterocycles. The number of nitrogens with one attached hydrogen (secondary N) is 1. The second-order valence-corrected chi connectivity index (χ2v) is 10.7. The highest BCUT2D eigenvalue weighted by Gasteiger charge is 2.29. The third kappa shape index (κ3) is 6.12. The van der Waals surface area contributed by atoms with E-state index in [0.29, 0.717) is 11.6 Å². The normalized spacial score (nSPS) is 11.3. The number of amides is 1. The van der Waals surface area contributed by atoms with Crippen LogP contribution in [0.4, 0.5) is 5.69 Å². The minimum Gasteiger partial charge on any atom is -0.350 e. The van der Waals surface area contributed by atoms with Gasteiger partial charge in [-0.25, -0.2) is 8.42 Å². The fourth-order valence-electron chi connectivity index (χ4n) is 3.60. The van der Waals surface area contributed by atoms with Crippen molar-refractivity contribution < 1.29 is 13.2 Å². The first kappa shape index (κ1) is 26.1. The van der Waals surface area contributed by atoms with Gasteiger partial charge in [0.05, 0.1) is 15.6 Å². The first-order valence-electron chi connectivity index (χ1n) is 11.1. The highest BCUT2D eigenvalue weighted by molar-refractivity contribution is 7.92. The summed E-state index contributed by atoms with van der Waals surface area (Å²) in [5.41, 5.74) is 4.40. The van der Waals surface area contributed by atoms with Gasteiger partial charge in [-0.3, -0.25) is 9.10 Å². The molecule has 0 bridgehead atoms. The molecule has 1 amide bonds. The summed E-state index contributed by atoms with van der Waals surface area (Å²) in [6, 6.07) is 17.2. The van der Waals surface area contributed by atoms with Gasteiger partial charge >= 0.3 is 0 Å². The van der Waals surface area contributed by atoms with Crippen LogP contribution in [0.2, 0.25) is 10.0 Å². The van der Waals surface area contributed by atoms with Gasteiger partial charge in [0, 0.05) is 11.6 Å². The number of carbonyl (C=O) groups excluding carboxylic acids is 1. The van der Waals surface area contributed by atoms with E-state index in [4.69, 9.17) is 23.2 Å². The average molecular weight is 519 g/mol. The Balaban J connectivity index is 1.91. The first-order valence-corrected chi connectivity index (χ1v) is 13.3. The second kappa shape index (κ2) is 11.3. The van der Waals surface area contributed by atoms with Gasteiger partial charge in [0.25, 0.3) is 10.0 Å². The van der Waals surface area contributed by atoms with E-state index in [1.807, 2.05) is 6.92 Å². The van der Waals surface area contributed by atoms with Gasteiger partial charge in [0.2, 0.25) is 5.91 Å². The van der Waals surface area contributed by atoms with Crippen LogP contribution in [-0.4, -0.2) is 20.9 Å². The molecule has 0 radical (unpaired) electrons. The molecule has 0 aliphatic rings. The first-order chi connectivity index (χ1) is 16.1. The molecule has 5 nitrogen and oxygen atoms in total. The number of nitrogens with zero attached hydrogens (tertiary/aromatic N) is 1. The molecular formula is C26H28Cl2N2O3S. The molecular weight excluding hydrogens is 491 g/mol. The van der Waals surface area contributed by atoms with Crippen LogP contribution < -0.4 is 9.62 Å². The van der Waals surface area contributed by atoms with Crippen LogP contribution in [0.25, 0.3) is 0 Å². The quantitative estimate of drug-likeness (QED) is 0.381. The van der Waals surface area contributed by atoms with Crippen molar-refractivity contribution in [3.8, 4) is 0 Å². The largest absolute Gasteiger partial charge is 0.350 e. The van der Waals surface area contributed by atoms with Crippen molar-refractivity contribution >= 4 is 44.8 Å². The van der Waals surface area contributed by atoms with E-state index in [9.17, 15) is 13.2 Å². The van der Waals surface area contributed by atoms with Gasteiger partial charge in [0.15, 0.2) is 0 Å². The Hall–Kier alpha value is -2.54. The monoisotopic (exact) mass is 518 g/mol. The average Bonchev–Trinajstić information content (AvgIpc) is 2.82. The van der Waals surface area contributed by atoms with Crippen LogP contribution in [0.1, 0.15) is 36.1 Å². The van der Waals surface area contributed by atoms with Gasteiger partial charge in [-0.05, 0) is 66.8 Å². The Morgan fingerprint density at radius 1 is 0.912 bits per heavy atom. The fraction of sp³-hybridized carbons (Fsp3) is 0.269. The van der Waals surface area contributed by atoms with E-state index in [2.05, 4.69) is 37.4 Å². The maximum absolute atomic E-state index is 13.5. The van der Waals surface area contributed by atoms with E-state index in [1.54, 1.807) is 18.2 Å². The molecule has 3 aromatic carbocycles. The third-order valence-corrected chi connectivity index (χ3v) is 7.94. The summed E-state index contributed by atoms with van der Waals surface area (Å²) in [6.45, 7) is 5.87. The maximum atomic E-state index is 13.5. The molecule has 180 valence electrons. The highest BCUT2D eigenvalue weighted by atomic mass is 35.5. The van der Waals surface area contributed by atoms with Crippen LogP contribution in [0, 0.1) is 6.92 Å². The summed E-state index contributed by atoms with van der Waals surface area (Å²) in [6.07, 6.45) is 1.72. The van der Waals surface area contributed by atoms with Gasteiger partial charge < -0.3 is 5.32 Å². The summed E-state index contributed by atoms with van der Waals surface area (Å²) in [4.78, 5) is 13.1.